The lowest BCUT2D eigenvalue weighted by Gasteiger charge is -2.34. The largest absolute Gasteiger partial charge is 0.327 e. The van der Waals surface area contributed by atoms with Gasteiger partial charge in [0.15, 0.2) is 0 Å². The summed E-state index contributed by atoms with van der Waals surface area (Å²) in [6, 6.07) is 4.00. The van der Waals surface area contributed by atoms with Crippen molar-refractivity contribution in [2.45, 2.75) is 51.5 Å². The Balaban J connectivity index is 2.03. The minimum Gasteiger partial charge on any atom is -0.327 e. The molecule has 19 heavy (non-hydrogen) atoms. The predicted octanol–water partition coefficient (Wildman–Crippen LogP) is 4.05. The highest BCUT2D eigenvalue weighted by Gasteiger charge is 2.28. The second-order valence-electron chi connectivity index (χ2n) is 5.83. The molecule has 1 aliphatic carbocycles. The summed E-state index contributed by atoms with van der Waals surface area (Å²) in [6.45, 7) is 2.20. The molecule has 1 aromatic rings. The molecule has 0 saturated heterocycles. The molecule has 2 rings (SSSR count). The van der Waals surface area contributed by atoms with Crippen molar-refractivity contribution in [1.82, 2.24) is 0 Å². The standard InChI is InChI=1S/C16H23F2N/c1-2-3-11-4-7-16(19)13(8-11)9-12-5-6-14(17)10-15(12)18/h5-6,10-11,13,16H,2-4,7-9,19H2,1H3. The third kappa shape index (κ3) is 3.75. The van der Waals surface area contributed by atoms with E-state index in [1.54, 1.807) is 6.07 Å². The van der Waals surface area contributed by atoms with Gasteiger partial charge >= 0.3 is 0 Å². The minimum absolute atomic E-state index is 0.151. The molecule has 106 valence electrons. The molecule has 1 fully saturated rings. The molecule has 0 spiro atoms. The lowest BCUT2D eigenvalue weighted by Crippen LogP contribution is -2.37. The summed E-state index contributed by atoms with van der Waals surface area (Å²) >= 11 is 0. The molecule has 2 N–H and O–H groups in total. The van der Waals surface area contributed by atoms with Crippen LogP contribution in [0.5, 0.6) is 0 Å². The average molecular weight is 267 g/mol. The van der Waals surface area contributed by atoms with Crippen LogP contribution >= 0.6 is 0 Å². The first kappa shape index (κ1) is 14.4. The van der Waals surface area contributed by atoms with E-state index in [1.165, 1.54) is 25.3 Å². The van der Waals surface area contributed by atoms with Gasteiger partial charge in [0.1, 0.15) is 11.6 Å². The van der Waals surface area contributed by atoms with Crippen molar-refractivity contribution in [3.63, 3.8) is 0 Å². The summed E-state index contributed by atoms with van der Waals surface area (Å²) in [4.78, 5) is 0. The number of benzene rings is 1. The Morgan fingerprint density at radius 3 is 2.74 bits per heavy atom. The van der Waals surface area contributed by atoms with Crippen molar-refractivity contribution in [1.29, 1.82) is 0 Å². The summed E-state index contributed by atoms with van der Waals surface area (Å²) in [7, 11) is 0. The molecule has 0 aromatic heterocycles. The van der Waals surface area contributed by atoms with Crippen LogP contribution in [-0.2, 0) is 6.42 Å². The van der Waals surface area contributed by atoms with Gasteiger partial charge in [-0.3, -0.25) is 0 Å². The molecule has 1 saturated carbocycles. The second kappa shape index (κ2) is 6.47. The molecule has 3 heteroatoms. The molecule has 3 atom stereocenters. The summed E-state index contributed by atoms with van der Waals surface area (Å²) in [5, 5.41) is 0. The van der Waals surface area contributed by atoms with Crippen molar-refractivity contribution >= 4 is 0 Å². The highest BCUT2D eigenvalue weighted by atomic mass is 19.1. The molecule has 0 radical (unpaired) electrons. The molecule has 0 bridgehead atoms. The van der Waals surface area contributed by atoms with Crippen molar-refractivity contribution in [2.24, 2.45) is 17.6 Å². The fraction of sp³-hybridized carbons (Fsp3) is 0.625. The molecule has 1 aliphatic rings. The smallest absolute Gasteiger partial charge is 0.129 e. The normalized spacial score (nSPS) is 27.5. The zero-order valence-corrected chi connectivity index (χ0v) is 11.5. The van der Waals surface area contributed by atoms with E-state index in [0.717, 1.165) is 24.8 Å². The van der Waals surface area contributed by atoms with Crippen LogP contribution in [0.4, 0.5) is 8.78 Å². The lowest BCUT2D eigenvalue weighted by molar-refractivity contribution is 0.220. The number of rotatable bonds is 4. The Morgan fingerprint density at radius 2 is 2.05 bits per heavy atom. The maximum Gasteiger partial charge on any atom is 0.129 e. The summed E-state index contributed by atoms with van der Waals surface area (Å²) in [5.41, 5.74) is 6.76. The number of hydrogen-bond donors (Lipinski definition) is 1. The fourth-order valence-corrected chi connectivity index (χ4v) is 3.26. The van der Waals surface area contributed by atoms with E-state index in [0.29, 0.717) is 17.9 Å². The van der Waals surface area contributed by atoms with Crippen LogP contribution in [0.25, 0.3) is 0 Å². The van der Waals surface area contributed by atoms with Crippen LogP contribution in [0, 0.1) is 23.5 Å². The van der Waals surface area contributed by atoms with Gasteiger partial charge in [0.05, 0.1) is 0 Å². The van der Waals surface area contributed by atoms with Gasteiger partial charge in [0.2, 0.25) is 0 Å². The van der Waals surface area contributed by atoms with Crippen LogP contribution in [-0.4, -0.2) is 6.04 Å². The van der Waals surface area contributed by atoms with E-state index >= 15 is 0 Å². The van der Waals surface area contributed by atoms with Crippen molar-refractivity contribution in [3.8, 4) is 0 Å². The Labute approximate surface area is 114 Å². The Kier molecular flexibility index (Phi) is 4.92. The van der Waals surface area contributed by atoms with Gasteiger partial charge in [-0.1, -0.05) is 25.8 Å². The molecule has 1 nitrogen and oxygen atoms in total. The first-order valence-corrected chi connectivity index (χ1v) is 7.29. The topological polar surface area (TPSA) is 26.0 Å². The highest BCUT2D eigenvalue weighted by molar-refractivity contribution is 5.19. The first-order valence-electron chi connectivity index (χ1n) is 7.29. The van der Waals surface area contributed by atoms with Gasteiger partial charge in [-0.05, 0) is 49.1 Å². The molecule has 3 unspecified atom stereocenters. The van der Waals surface area contributed by atoms with E-state index in [1.807, 2.05) is 0 Å². The SMILES string of the molecule is CCCC1CCC(N)C(Cc2ccc(F)cc2F)C1. The second-order valence-corrected chi connectivity index (χ2v) is 5.83. The Morgan fingerprint density at radius 1 is 1.26 bits per heavy atom. The van der Waals surface area contributed by atoms with Crippen molar-refractivity contribution in [2.75, 3.05) is 0 Å². The van der Waals surface area contributed by atoms with E-state index in [2.05, 4.69) is 6.92 Å². The maximum atomic E-state index is 13.7. The van der Waals surface area contributed by atoms with E-state index in [4.69, 9.17) is 5.73 Å². The van der Waals surface area contributed by atoms with Crippen molar-refractivity contribution in [3.05, 3.63) is 35.4 Å². The van der Waals surface area contributed by atoms with E-state index in [9.17, 15) is 8.78 Å². The Bertz CT molecular complexity index is 419. The maximum absolute atomic E-state index is 13.7. The lowest BCUT2D eigenvalue weighted by atomic mass is 9.74. The average Bonchev–Trinajstić information content (AvgIpc) is 2.37. The van der Waals surface area contributed by atoms with Crippen molar-refractivity contribution < 1.29 is 8.78 Å². The van der Waals surface area contributed by atoms with E-state index < -0.39 is 11.6 Å². The van der Waals surface area contributed by atoms with Gasteiger partial charge in [0, 0.05) is 12.1 Å². The monoisotopic (exact) mass is 267 g/mol. The fourth-order valence-electron chi connectivity index (χ4n) is 3.26. The van der Waals surface area contributed by atoms with Crippen LogP contribution in [0.3, 0.4) is 0 Å². The zero-order chi connectivity index (χ0) is 13.8. The highest BCUT2D eigenvalue weighted by Crippen LogP contribution is 2.33. The van der Waals surface area contributed by atoms with Gasteiger partial charge in [-0.25, -0.2) is 8.78 Å². The van der Waals surface area contributed by atoms with Gasteiger partial charge < -0.3 is 5.73 Å². The van der Waals surface area contributed by atoms with Crippen LogP contribution in [0.1, 0.15) is 44.6 Å². The quantitative estimate of drug-likeness (QED) is 0.875. The van der Waals surface area contributed by atoms with E-state index in [-0.39, 0.29) is 6.04 Å². The predicted molar refractivity (Wildman–Crippen MR) is 73.8 cm³/mol. The molecular formula is C16H23F2N. The van der Waals surface area contributed by atoms with Gasteiger partial charge in [-0.2, -0.15) is 0 Å². The summed E-state index contributed by atoms with van der Waals surface area (Å²) in [5.74, 6) is 0.0893. The molecule has 1 aromatic carbocycles. The Hall–Kier alpha value is -0.960. The zero-order valence-electron chi connectivity index (χ0n) is 11.5. The van der Waals surface area contributed by atoms with Crippen LogP contribution in [0.15, 0.2) is 18.2 Å². The number of halogens is 2. The number of hydrogen-bond acceptors (Lipinski definition) is 1. The molecule has 0 aliphatic heterocycles. The minimum atomic E-state index is -0.516. The third-order valence-corrected chi connectivity index (χ3v) is 4.34. The molecule has 0 heterocycles. The third-order valence-electron chi connectivity index (χ3n) is 4.34. The molecular weight excluding hydrogens is 244 g/mol. The van der Waals surface area contributed by atoms with Crippen LogP contribution in [0.2, 0.25) is 0 Å². The summed E-state index contributed by atoms with van der Waals surface area (Å²) < 4.78 is 26.6. The first-order chi connectivity index (χ1) is 9.10. The van der Waals surface area contributed by atoms with Gasteiger partial charge in [-0.15, -0.1) is 0 Å². The summed E-state index contributed by atoms with van der Waals surface area (Å²) in [6.07, 6.45) is 6.35. The van der Waals surface area contributed by atoms with Gasteiger partial charge in [0.25, 0.3) is 0 Å². The molecule has 0 amide bonds. The van der Waals surface area contributed by atoms with Crippen LogP contribution < -0.4 is 5.73 Å². The number of nitrogens with two attached hydrogens (primary N) is 1.